The highest BCUT2D eigenvalue weighted by atomic mass is 16.7. The van der Waals surface area contributed by atoms with E-state index in [1.165, 1.54) is 0 Å². The number of hydrogen-bond donors (Lipinski definition) is 1. The van der Waals surface area contributed by atoms with Gasteiger partial charge in [-0.3, -0.25) is 4.79 Å². The van der Waals surface area contributed by atoms with Gasteiger partial charge in [-0.15, -0.1) is 0 Å². The lowest BCUT2D eigenvalue weighted by atomic mass is 9.91. The molecule has 1 atom stereocenters. The van der Waals surface area contributed by atoms with E-state index in [4.69, 9.17) is 14.2 Å². The molecule has 5 nitrogen and oxygen atoms in total. The van der Waals surface area contributed by atoms with Gasteiger partial charge in [-0.25, -0.2) is 0 Å². The van der Waals surface area contributed by atoms with Crippen LogP contribution in [0.5, 0.6) is 0 Å². The van der Waals surface area contributed by atoms with E-state index in [0.717, 1.165) is 24.2 Å². The second-order valence-electron chi connectivity index (χ2n) is 7.45. The number of ether oxygens (including phenoxy) is 3. The highest BCUT2D eigenvalue weighted by Crippen LogP contribution is 2.41. The lowest BCUT2D eigenvalue weighted by Gasteiger charge is -2.34. The number of benzene rings is 1. The second kappa shape index (κ2) is 7.51. The van der Waals surface area contributed by atoms with Crippen LogP contribution in [0.2, 0.25) is 0 Å². The summed E-state index contributed by atoms with van der Waals surface area (Å²) in [6.45, 7) is 0.841. The standard InChI is InChI=1S/C21H26O5/c22-16-9-11-21(12-10-16)25-14-19(26-21)20-17(23)7-4-8-18(20)24-13-15-5-2-1-3-6-15/h1-3,5-6,16,19,22H,4,7-14H2. The van der Waals surface area contributed by atoms with E-state index < -0.39 is 5.79 Å². The number of Topliss-reactive ketones (excluding diaryl/α,β-unsaturated/α-hetero) is 1. The Morgan fingerprint density at radius 3 is 2.69 bits per heavy atom. The Balaban J connectivity index is 1.49. The molecule has 1 heterocycles. The normalized spacial score (nSPS) is 32.3. The predicted molar refractivity (Wildman–Crippen MR) is 95.1 cm³/mol. The van der Waals surface area contributed by atoms with Crippen molar-refractivity contribution in [2.75, 3.05) is 6.61 Å². The fraction of sp³-hybridized carbons (Fsp3) is 0.571. The summed E-state index contributed by atoms with van der Waals surface area (Å²) in [7, 11) is 0. The predicted octanol–water partition coefficient (Wildman–Crippen LogP) is 3.26. The lowest BCUT2D eigenvalue weighted by Crippen LogP contribution is -2.38. The van der Waals surface area contributed by atoms with E-state index in [1.807, 2.05) is 30.3 Å². The number of carbonyl (C=O) groups is 1. The minimum Gasteiger partial charge on any atom is -0.493 e. The number of hydrogen-bond acceptors (Lipinski definition) is 5. The van der Waals surface area contributed by atoms with Crippen molar-refractivity contribution in [1.29, 1.82) is 0 Å². The summed E-state index contributed by atoms with van der Waals surface area (Å²) in [5.74, 6) is 0.228. The van der Waals surface area contributed by atoms with Crippen LogP contribution in [0.1, 0.15) is 50.5 Å². The van der Waals surface area contributed by atoms with Crippen LogP contribution in [-0.2, 0) is 25.6 Å². The van der Waals surface area contributed by atoms with Crippen LogP contribution in [-0.4, -0.2) is 35.5 Å². The molecule has 2 aliphatic carbocycles. The Hall–Kier alpha value is -1.69. The summed E-state index contributed by atoms with van der Waals surface area (Å²) in [6, 6.07) is 9.97. The zero-order valence-electron chi connectivity index (χ0n) is 15.0. The third-order valence-corrected chi connectivity index (χ3v) is 5.56. The monoisotopic (exact) mass is 358 g/mol. The number of rotatable bonds is 4. The van der Waals surface area contributed by atoms with Crippen LogP contribution in [0, 0.1) is 0 Å². The van der Waals surface area contributed by atoms with Gasteiger partial charge in [0.25, 0.3) is 0 Å². The third kappa shape index (κ3) is 3.70. The summed E-state index contributed by atoms with van der Waals surface area (Å²) in [6.07, 6.45) is 4.19. The minimum absolute atomic E-state index is 0.112. The molecule has 1 spiro atoms. The maximum Gasteiger partial charge on any atom is 0.169 e. The molecule has 140 valence electrons. The Bertz CT molecular complexity index is 673. The fourth-order valence-corrected chi connectivity index (χ4v) is 4.09. The quantitative estimate of drug-likeness (QED) is 0.895. The number of aliphatic hydroxyl groups excluding tert-OH is 1. The molecule has 4 rings (SSSR count). The first-order valence-corrected chi connectivity index (χ1v) is 9.58. The van der Waals surface area contributed by atoms with Gasteiger partial charge in [0, 0.05) is 25.7 Å². The average molecular weight is 358 g/mol. The Morgan fingerprint density at radius 1 is 1.15 bits per heavy atom. The molecule has 0 radical (unpaired) electrons. The van der Waals surface area contributed by atoms with Crippen LogP contribution in [0.4, 0.5) is 0 Å². The molecular weight excluding hydrogens is 332 g/mol. The third-order valence-electron chi connectivity index (χ3n) is 5.56. The topological polar surface area (TPSA) is 65.0 Å². The summed E-state index contributed by atoms with van der Waals surface area (Å²) in [5.41, 5.74) is 1.74. The van der Waals surface area contributed by atoms with Crippen molar-refractivity contribution in [2.45, 2.75) is 69.5 Å². The Morgan fingerprint density at radius 2 is 1.92 bits per heavy atom. The van der Waals surface area contributed by atoms with Crippen molar-refractivity contribution in [2.24, 2.45) is 0 Å². The van der Waals surface area contributed by atoms with Gasteiger partial charge in [0.15, 0.2) is 11.6 Å². The summed E-state index contributed by atoms with van der Waals surface area (Å²) >= 11 is 0. The first-order chi connectivity index (χ1) is 12.7. The lowest BCUT2D eigenvalue weighted by molar-refractivity contribution is -0.194. The smallest absolute Gasteiger partial charge is 0.169 e. The van der Waals surface area contributed by atoms with Crippen LogP contribution in [0.25, 0.3) is 0 Å². The van der Waals surface area contributed by atoms with E-state index in [1.54, 1.807) is 0 Å². The van der Waals surface area contributed by atoms with Gasteiger partial charge < -0.3 is 19.3 Å². The molecule has 1 aromatic rings. The first-order valence-electron chi connectivity index (χ1n) is 9.58. The van der Waals surface area contributed by atoms with E-state index in [-0.39, 0.29) is 18.0 Å². The summed E-state index contributed by atoms with van der Waals surface area (Å²) in [5, 5.41) is 9.74. The minimum atomic E-state index is -0.640. The molecule has 1 aromatic carbocycles. The van der Waals surface area contributed by atoms with Gasteiger partial charge in [-0.05, 0) is 24.8 Å². The van der Waals surface area contributed by atoms with Crippen LogP contribution in [0.3, 0.4) is 0 Å². The molecule has 0 bridgehead atoms. The maximum atomic E-state index is 12.6. The number of allylic oxidation sites excluding steroid dienone is 1. The molecule has 1 saturated carbocycles. The molecule has 5 heteroatoms. The molecule has 1 N–H and O–H groups in total. The van der Waals surface area contributed by atoms with Gasteiger partial charge in [0.05, 0.1) is 18.3 Å². The Kier molecular flexibility index (Phi) is 5.11. The summed E-state index contributed by atoms with van der Waals surface area (Å²) < 4.78 is 18.3. The van der Waals surface area contributed by atoms with Crippen molar-refractivity contribution in [3.63, 3.8) is 0 Å². The van der Waals surface area contributed by atoms with Crippen molar-refractivity contribution < 1.29 is 24.1 Å². The van der Waals surface area contributed by atoms with Gasteiger partial charge in [-0.2, -0.15) is 0 Å². The summed E-state index contributed by atoms with van der Waals surface area (Å²) in [4.78, 5) is 12.6. The highest BCUT2D eigenvalue weighted by molar-refractivity contribution is 5.97. The van der Waals surface area contributed by atoms with Gasteiger partial charge in [0.1, 0.15) is 18.5 Å². The van der Waals surface area contributed by atoms with E-state index in [2.05, 4.69) is 0 Å². The average Bonchev–Trinajstić information content (AvgIpc) is 3.07. The van der Waals surface area contributed by atoms with Crippen LogP contribution >= 0.6 is 0 Å². The number of carbonyl (C=O) groups excluding carboxylic acids is 1. The number of ketones is 1. The molecular formula is C21H26O5. The van der Waals surface area contributed by atoms with Crippen molar-refractivity contribution >= 4 is 5.78 Å². The zero-order chi connectivity index (χ0) is 18.0. The van der Waals surface area contributed by atoms with Crippen LogP contribution < -0.4 is 0 Å². The molecule has 0 aromatic heterocycles. The Labute approximate surface area is 153 Å². The SMILES string of the molecule is O=C1CCCC(OCc2ccccc2)=C1C1COC2(CCC(O)CC2)O1. The highest BCUT2D eigenvalue weighted by Gasteiger charge is 2.47. The second-order valence-corrected chi connectivity index (χ2v) is 7.45. The van der Waals surface area contributed by atoms with Crippen LogP contribution in [0.15, 0.2) is 41.7 Å². The zero-order valence-corrected chi connectivity index (χ0v) is 15.0. The maximum absolute atomic E-state index is 12.6. The van der Waals surface area contributed by atoms with Crippen molar-refractivity contribution in [3.05, 3.63) is 47.2 Å². The van der Waals surface area contributed by atoms with Gasteiger partial charge in [0.2, 0.25) is 0 Å². The van der Waals surface area contributed by atoms with Crippen molar-refractivity contribution in [3.8, 4) is 0 Å². The van der Waals surface area contributed by atoms with Gasteiger partial charge >= 0.3 is 0 Å². The molecule has 1 saturated heterocycles. The largest absolute Gasteiger partial charge is 0.493 e. The van der Waals surface area contributed by atoms with E-state index in [9.17, 15) is 9.90 Å². The first kappa shape index (κ1) is 17.7. The molecule has 1 unspecified atom stereocenters. The number of aliphatic hydroxyl groups is 1. The van der Waals surface area contributed by atoms with Gasteiger partial charge in [-0.1, -0.05) is 30.3 Å². The molecule has 2 fully saturated rings. The van der Waals surface area contributed by atoms with E-state index >= 15 is 0 Å². The van der Waals surface area contributed by atoms with Crippen molar-refractivity contribution in [1.82, 2.24) is 0 Å². The fourth-order valence-electron chi connectivity index (χ4n) is 4.09. The molecule has 3 aliphatic rings. The molecule has 1 aliphatic heterocycles. The van der Waals surface area contributed by atoms with E-state index in [0.29, 0.717) is 50.9 Å². The molecule has 0 amide bonds. The molecule has 26 heavy (non-hydrogen) atoms.